The Morgan fingerprint density at radius 1 is 1.35 bits per heavy atom. The van der Waals surface area contributed by atoms with Crippen LogP contribution in [0.5, 0.6) is 0 Å². The van der Waals surface area contributed by atoms with Gasteiger partial charge in [0, 0.05) is 11.9 Å². The molecule has 4 N–H and O–H groups in total. The fourth-order valence-electron chi connectivity index (χ4n) is 3.02. The minimum atomic E-state index is -0.473. The molecule has 1 aromatic carbocycles. The van der Waals surface area contributed by atoms with Crippen LogP contribution in [0.15, 0.2) is 66.3 Å². The fraction of sp³-hybridized carbons (Fsp3) is 0.167. The molecule has 2 unspecified atom stereocenters. The Hall–Kier alpha value is -2.77. The van der Waals surface area contributed by atoms with E-state index in [2.05, 4.69) is 21.4 Å². The van der Waals surface area contributed by atoms with Crippen molar-refractivity contribution in [3.63, 3.8) is 0 Å². The van der Waals surface area contributed by atoms with E-state index in [9.17, 15) is 9.18 Å². The van der Waals surface area contributed by atoms with Crippen LogP contribution in [0.25, 0.3) is 0 Å². The van der Waals surface area contributed by atoms with Crippen molar-refractivity contribution in [3.05, 3.63) is 82.7 Å². The van der Waals surface area contributed by atoms with Crippen LogP contribution in [0, 0.1) is 5.82 Å². The lowest BCUT2D eigenvalue weighted by atomic mass is 10.0. The van der Waals surface area contributed by atoms with Crippen LogP contribution in [-0.4, -0.2) is 23.6 Å². The van der Waals surface area contributed by atoms with E-state index in [4.69, 9.17) is 11.6 Å². The van der Waals surface area contributed by atoms with Crippen molar-refractivity contribution in [2.75, 3.05) is 6.54 Å². The van der Waals surface area contributed by atoms with Gasteiger partial charge < -0.3 is 16.0 Å². The van der Waals surface area contributed by atoms with Crippen molar-refractivity contribution in [2.24, 2.45) is 0 Å². The van der Waals surface area contributed by atoms with Gasteiger partial charge in [0.05, 0.1) is 17.6 Å². The Balaban J connectivity index is 1.52. The Morgan fingerprint density at radius 3 is 3.04 bits per heavy atom. The van der Waals surface area contributed by atoms with Crippen molar-refractivity contribution in [3.8, 4) is 0 Å². The Kier molecular flexibility index (Phi) is 4.40. The van der Waals surface area contributed by atoms with Crippen LogP contribution in [0.3, 0.4) is 0 Å². The first-order chi connectivity index (χ1) is 12.6. The SMILES string of the molecule is O=C(NC1=CC=CNC1)C1=CNC2C=CC(c3cccc(F)c3Cl)NN12. The second-order valence-corrected chi connectivity index (χ2v) is 6.41. The topological polar surface area (TPSA) is 68.4 Å². The van der Waals surface area contributed by atoms with Crippen molar-refractivity contribution < 1.29 is 9.18 Å². The molecule has 2 atom stereocenters. The number of carbonyl (C=O) groups excluding carboxylic acids is 1. The van der Waals surface area contributed by atoms with E-state index < -0.39 is 5.82 Å². The molecule has 0 saturated heterocycles. The van der Waals surface area contributed by atoms with E-state index in [1.54, 1.807) is 23.3 Å². The second-order valence-electron chi connectivity index (χ2n) is 6.03. The molecule has 134 valence electrons. The molecule has 3 aliphatic heterocycles. The lowest BCUT2D eigenvalue weighted by Crippen LogP contribution is -2.51. The summed E-state index contributed by atoms with van der Waals surface area (Å²) in [5.74, 6) is -0.713. The standard InChI is InChI=1S/C18H17ClFN5O/c19-17-12(4-1-5-13(17)20)14-6-7-16-22-10-15(25(16)24-14)18(26)23-11-3-2-8-21-9-11/h1-8,10,14,16,21-22,24H,9H2,(H,23,26). The zero-order valence-corrected chi connectivity index (χ0v) is 14.4. The van der Waals surface area contributed by atoms with Crippen LogP contribution in [0.1, 0.15) is 11.6 Å². The molecule has 4 rings (SSSR count). The van der Waals surface area contributed by atoms with Crippen LogP contribution in [-0.2, 0) is 4.79 Å². The average Bonchev–Trinajstić information content (AvgIpc) is 3.08. The van der Waals surface area contributed by atoms with Gasteiger partial charge in [0.2, 0.25) is 0 Å². The van der Waals surface area contributed by atoms with E-state index in [1.807, 2.05) is 30.5 Å². The van der Waals surface area contributed by atoms with E-state index in [1.165, 1.54) is 6.07 Å². The van der Waals surface area contributed by atoms with Gasteiger partial charge in [0.25, 0.3) is 5.91 Å². The molecule has 0 spiro atoms. The molecule has 8 heteroatoms. The van der Waals surface area contributed by atoms with Gasteiger partial charge in [-0.25, -0.2) is 9.82 Å². The Morgan fingerprint density at radius 2 is 2.23 bits per heavy atom. The van der Waals surface area contributed by atoms with Gasteiger partial charge in [-0.15, -0.1) is 0 Å². The van der Waals surface area contributed by atoms with Crippen molar-refractivity contribution in [1.82, 2.24) is 26.4 Å². The van der Waals surface area contributed by atoms with Crippen molar-refractivity contribution >= 4 is 17.5 Å². The van der Waals surface area contributed by atoms with Gasteiger partial charge in [0.15, 0.2) is 0 Å². The van der Waals surface area contributed by atoms with Crippen LogP contribution in [0.2, 0.25) is 5.02 Å². The lowest BCUT2D eigenvalue weighted by molar-refractivity contribution is -0.118. The molecule has 1 amide bonds. The number of amides is 1. The zero-order chi connectivity index (χ0) is 18.1. The van der Waals surface area contributed by atoms with Gasteiger partial charge in [-0.1, -0.05) is 29.8 Å². The summed E-state index contributed by atoms with van der Waals surface area (Å²) in [4.78, 5) is 12.6. The molecule has 0 aromatic heterocycles. The lowest BCUT2D eigenvalue weighted by Gasteiger charge is -2.35. The number of hydrazine groups is 1. The number of rotatable bonds is 3. The van der Waals surface area contributed by atoms with E-state index in [0.717, 1.165) is 5.70 Å². The van der Waals surface area contributed by atoms with Gasteiger partial charge in [-0.05, 0) is 36.1 Å². The third-order valence-corrected chi connectivity index (χ3v) is 4.72. The van der Waals surface area contributed by atoms with Crippen molar-refractivity contribution in [2.45, 2.75) is 12.2 Å². The highest BCUT2D eigenvalue weighted by Gasteiger charge is 2.34. The van der Waals surface area contributed by atoms with E-state index >= 15 is 0 Å². The zero-order valence-electron chi connectivity index (χ0n) is 13.7. The highest BCUT2D eigenvalue weighted by atomic mass is 35.5. The quantitative estimate of drug-likeness (QED) is 0.608. The minimum Gasteiger partial charge on any atom is -0.385 e. The first-order valence-corrected chi connectivity index (χ1v) is 8.55. The van der Waals surface area contributed by atoms with Crippen LogP contribution < -0.4 is 21.4 Å². The number of hydrogen-bond acceptors (Lipinski definition) is 5. The summed E-state index contributed by atoms with van der Waals surface area (Å²) in [7, 11) is 0. The third-order valence-electron chi connectivity index (χ3n) is 4.32. The highest BCUT2D eigenvalue weighted by Crippen LogP contribution is 2.30. The maximum absolute atomic E-state index is 13.8. The molecule has 0 aliphatic carbocycles. The van der Waals surface area contributed by atoms with Gasteiger partial charge in [0.1, 0.15) is 17.7 Å². The summed E-state index contributed by atoms with van der Waals surface area (Å²) in [6.07, 6.45) is 10.7. The average molecular weight is 374 g/mol. The number of nitrogens with one attached hydrogen (secondary N) is 4. The molecule has 3 heterocycles. The summed E-state index contributed by atoms with van der Waals surface area (Å²) >= 11 is 6.10. The van der Waals surface area contributed by atoms with Crippen molar-refractivity contribution in [1.29, 1.82) is 0 Å². The molecular weight excluding hydrogens is 357 g/mol. The largest absolute Gasteiger partial charge is 0.385 e. The number of nitrogens with zero attached hydrogens (tertiary/aromatic N) is 1. The summed E-state index contributed by atoms with van der Waals surface area (Å²) < 4.78 is 13.8. The fourth-order valence-corrected chi connectivity index (χ4v) is 3.27. The molecule has 0 bridgehead atoms. The van der Waals surface area contributed by atoms with E-state index in [0.29, 0.717) is 17.8 Å². The summed E-state index contributed by atoms with van der Waals surface area (Å²) in [6, 6.07) is 4.34. The Labute approximate surface area is 155 Å². The number of fused-ring (bicyclic) bond motifs is 1. The van der Waals surface area contributed by atoms with E-state index in [-0.39, 0.29) is 23.1 Å². The molecule has 0 saturated carbocycles. The van der Waals surface area contributed by atoms with Gasteiger partial charge in [-0.2, -0.15) is 0 Å². The maximum atomic E-state index is 13.8. The first kappa shape index (κ1) is 16.7. The molecule has 1 aromatic rings. The molecule has 0 radical (unpaired) electrons. The number of allylic oxidation sites excluding steroid dienone is 2. The van der Waals surface area contributed by atoms with Gasteiger partial charge >= 0.3 is 0 Å². The number of carbonyl (C=O) groups is 1. The number of dihydropyridines is 1. The summed E-state index contributed by atoms with van der Waals surface area (Å²) in [5, 5.41) is 10.8. The maximum Gasteiger partial charge on any atom is 0.274 e. The number of hydrogen-bond donors (Lipinski definition) is 4. The number of benzene rings is 1. The van der Waals surface area contributed by atoms with Crippen LogP contribution in [0.4, 0.5) is 4.39 Å². The molecule has 6 nitrogen and oxygen atoms in total. The summed E-state index contributed by atoms with van der Waals surface area (Å²) in [5.41, 5.74) is 5.05. The second kappa shape index (κ2) is 6.86. The molecular formula is C18H17ClFN5O. The smallest absolute Gasteiger partial charge is 0.274 e. The monoisotopic (exact) mass is 373 g/mol. The normalized spacial score (nSPS) is 23.5. The minimum absolute atomic E-state index is 0.0699. The molecule has 0 fully saturated rings. The first-order valence-electron chi connectivity index (χ1n) is 8.18. The molecule has 26 heavy (non-hydrogen) atoms. The summed E-state index contributed by atoms with van der Waals surface area (Å²) in [6.45, 7) is 0.557. The highest BCUT2D eigenvalue weighted by molar-refractivity contribution is 6.31. The molecule has 3 aliphatic rings. The van der Waals surface area contributed by atoms with Crippen LogP contribution >= 0.6 is 11.6 Å². The predicted molar refractivity (Wildman–Crippen MR) is 96.6 cm³/mol. The Bertz CT molecular complexity index is 863. The predicted octanol–water partition coefficient (Wildman–Crippen LogP) is 1.78. The number of halogens is 2. The van der Waals surface area contributed by atoms with Gasteiger partial charge in [-0.3, -0.25) is 9.80 Å². The third kappa shape index (κ3) is 3.07.